The molecular weight excluding hydrogens is 733 g/mol. The molecule has 0 aromatic heterocycles. The average Bonchev–Trinajstić information content (AvgIpc) is 3.23. The van der Waals surface area contributed by atoms with Crippen molar-refractivity contribution in [1.82, 2.24) is 0 Å². The van der Waals surface area contributed by atoms with E-state index in [2.05, 4.69) is 93.7 Å². The molecule has 0 saturated heterocycles. The molecular formula is C53H82O6. The first kappa shape index (κ1) is 54.8. The minimum Gasteiger partial charge on any atom is -0.462 e. The summed E-state index contributed by atoms with van der Waals surface area (Å²) in [6, 6.07) is 0. The summed E-state index contributed by atoms with van der Waals surface area (Å²) in [5.74, 6) is -1.12. The van der Waals surface area contributed by atoms with E-state index >= 15 is 0 Å². The van der Waals surface area contributed by atoms with E-state index in [4.69, 9.17) is 14.2 Å². The molecule has 0 aliphatic carbocycles. The third-order valence-corrected chi connectivity index (χ3v) is 9.07. The highest BCUT2D eigenvalue weighted by atomic mass is 16.6. The Morgan fingerprint density at radius 3 is 1.32 bits per heavy atom. The van der Waals surface area contributed by atoms with Crippen molar-refractivity contribution in [2.24, 2.45) is 0 Å². The van der Waals surface area contributed by atoms with Crippen molar-refractivity contribution in [2.45, 2.75) is 181 Å². The highest BCUT2D eigenvalue weighted by Crippen LogP contribution is 2.13. The first-order valence-electron chi connectivity index (χ1n) is 23.1. The number of rotatable bonds is 39. The molecule has 0 aliphatic heterocycles. The van der Waals surface area contributed by atoms with Gasteiger partial charge in [-0.15, -0.1) is 0 Å². The Morgan fingerprint density at radius 2 is 0.763 bits per heavy atom. The zero-order valence-electron chi connectivity index (χ0n) is 37.5. The predicted molar refractivity (Wildman–Crippen MR) is 251 cm³/mol. The maximum Gasteiger partial charge on any atom is 0.309 e. The van der Waals surface area contributed by atoms with E-state index < -0.39 is 12.1 Å². The van der Waals surface area contributed by atoms with E-state index in [9.17, 15) is 14.4 Å². The number of unbranched alkanes of at least 4 members (excludes halogenated alkanes) is 12. The largest absolute Gasteiger partial charge is 0.462 e. The number of esters is 3. The number of carbonyl (C=O) groups is 3. The second-order valence-corrected chi connectivity index (χ2v) is 14.6. The molecule has 0 heterocycles. The van der Waals surface area contributed by atoms with Gasteiger partial charge in [-0.05, 0) is 83.5 Å². The first-order valence-corrected chi connectivity index (χ1v) is 23.1. The number of hydrogen-bond donors (Lipinski definition) is 0. The first-order chi connectivity index (χ1) is 29.0. The Labute approximate surface area is 361 Å². The highest BCUT2D eigenvalue weighted by molar-refractivity contribution is 5.72. The molecule has 0 aromatic carbocycles. The molecule has 0 rings (SSSR count). The van der Waals surface area contributed by atoms with Gasteiger partial charge in [0.1, 0.15) is 13.2 Å². The topological polar surface area (TPSA) is 78.9 Å². The van der Waals surface area contributed by atoms with Crippen molar-refractivity contribution >= 4 is 17.9 Å². The summed E-state index contributed by atoms with van der Waals surface area (Å²) in [6.07, 6.45) is 63.6. The average molecular weight is 815 g/mol. The Morgan fingerprint density at radius 1 is 0.373 bits per heavy atom. The molecule has 0 saturated carbocycles. The van der Waals surface area contributed by atoms with Crippen LogP contribution in [0.15, 0.2) is 122 Å². The van der Waals surface area contributed by atoms with Gasteiger partial charge in [0.25, 0.3) is 0 Å². The fourth-order valence-electron chi connectivity index (χ4n) is 5.70. The van der Waals surface area contributed by atoms with Crippen molar-refractivity contribution in [1.29, 1.82) is 0 Å². The zero-order chi connectivity index (χ0) is 43.0. The number of allylic oxidation sites excluding steroid dienone is 19. The molecule has 330 valence electrons. The third kappa shape index (κ3) is 44.8. The van der Waals surface area contributed by atoms with Crippen LogP contribution in [0.4, 0.5) is 0 Å². The number of ether oxygens (including phenoxy) is 3. The van der Waals surface area contributed by atoms with Crippen molar-refractivity contribution in [2.75, 3.05) is 13.2 Å². The van der Waals surface area contributed by atoms with E-state index in [0.29, 0.717) is 12.8 Å². The fraction of sp³-hybridized carbons (Fsp3) is 0.566. The fourth-order valence-corrected chi connectivity index (χ4v) is 5.70. The number of hydrogen-bond acceptors (Lipinski definition) is 6. The van der Waals surface area contributed by atoms with Gasteiger partial charge in [-0.25, -0.2) is 0 Å². The van der Waals surface area contributed by atoms with Crippen molar-refractivity contribution in [3.05, 3.63) is 122 Å². The minimum absolute atomic E-state index is 0.120. The lowest BCUT2D eigenvalue weighted by molar-refractivity contribution is -0.166. The number of carbonyl (C=O) groups excluding carboxylic acids is 3. The molecule has 0 bridgehead atoms. The van der Waals surface area contributed by atoms with Gasteiger partial charge < -0.3 is 14.2 Å². The van der Waals surface area contributed by atoms with Crippen LogP contribution in [0.5, 0.6) is 0 Å². The molecule has 0 amide bonds. The van der Waals surface area contributed by atoms with Crippen LogP contribution < -0.4 is 0 Å². The van der Waals surface area contributed by atoms with Crippen LogP contribution in [0.3, 0.4) is 0 Å². The lowest BCUT2D eigenvalue weighted by Crippen LogP contribution is -2.30. The van der Waals surface area contributed by atoms with Crippen molar-refractivity contribution < 1.29 is 28.6 Å². The Hall–Kier alpha value is -4.19. The summed E-state index contributed by atoms with van der Waals surface area (Å²) in [4.78, 5) is 37.7. The molecule has 0 radical (unpaired) electrons. The van der Waals surface area contributed by atoms with Gasteiger partial charge in [0.05, 0.1) is 6.42 Å². The van der Waals surface area contributed by atoms with Crippen molar-refractivity contribution in [3.63, 3.8) is 0 Å². The molecule has 59 heavy (non-hydrogen) atoms. The van der Waals surface area contributed by atoms with Gasteiger partial charge in [0, 0.05) is 12.8 Å². The quantitative estimate of drug-likeness (QED) is 0.0202. The van der Waals surface area contributed by atoms with E-state index in [1.165, 1.54) is 38.5 Å². The van der Waals surface area contributed by atoms with Crippen LogP contribution in [-0.4, -0.2) is 37.2 Å². The molecule has 0 N–H and O–H groups in total. The van der Waals surface area contributed by atoms with E-state index in [-0.39, 0.29) is 38.0 Å². The van der Waals surface area contributed by atoms with Gasteiger partial charge in [0.15, 0.2) is 6.10 Å². The van der Waals surface area contributed by atoms with Crippen LogP contribution in [0.2, 0.25) is 0 Å². The third-order valence-electron chi connectivity index (χ3n) is 9.07. The SMILES string of the molecule is CC\C=C/C=C\C=C/C=C\CCCCCC(=O)OC(COC(=O)C/C=C\C/C=C\C/C=C\CC)COC(=O)CCCCCCCCCCC/C=C\C/C=C\C/C=C\CC. The smallest absolute Gasteiger partial charge is 0.309 e. The van der Waals surface area contributed by atoms with Gasteiger partial charge in [-0.2, -0.15) is 0 Å². The zero-order valence-corrected chi connectivity index (χ0v) is 37.5. The van der Waals surface area contributed by atoms with Gasteiger partial charge in [-0.1, -0.05) is 194 Å². The highest BCUT2D eigenvalue weighted by Gasteiger charge is 2.19. The maximum atomic E-state index is 12.7. The monoisotopic (exact) mass is 815 g/mol. The Bertz CT molecular complexity index is 1300. The molecule has 1 atom stereocenters. The second-order valence-electron chi connectivity index (χ2n) is 14.6. The lowest BCUT2D eigenvalue weighted by Gasteiger charge is -2.18. The van der Waals surface area contributed by atoms with Gasteiger partial charge in [0.2, 0.25) is 0 Å². The predicted octanol–water partition coefficient (Wildman–Crippen LogP) is 15.0. The summed E-state index contributed by atoms with van der Waals surface area (Å²) < 4.78 is 16.5. The van der Waals surface area contributed by atoms with E-state index in [1.54, 1.807) is 6.08 Å². The lowest BCUT2D eigenvalue weighted by atomic mass is 10.1. The van der Waals surface area contributed by atoms with Crippen LogP contribution >= 0.6 is 0 Å². The molecule has 1 unspecified atom stereocenters. The molecule has 6 nitrogen and oxygen atoms in total. The second kappa shape index (κ2) is 46.5. The summed E-state index contributed by atoms with van der Waals surface area (Å²) in [5.41, 5.74) is 0. The summed E-state index contributed by atoms with van der Waals surface area (Å²) in [6.45, 7) is 6.10. The Kier molecular flexibility index (Phi) is 43.2. The molecule has 0 fully saturated rings. The van der Waals surface area contributed by atoms with Gasteiger partial charge in [-0.3, -0.25) is 14.4 Å². The van der Waals surface area contributed by atoms with Crippen molar-refractivity contribution in [3.8, 4) is 0 Å². The minimum atomic E-state index is -0.837. The Balaban J connectivity index is 4.45. The normalized spacial score (nSPS) is 13.2. The molecule has 6 heteroatoms. The van der Waals surface area contributed by atoms with Crippen LogP contribution in [-0.2, 0) is 28.6 Å². The molecule has 0 aliphatic rings. The molecule has 0 aromatic rings. The van der Waals surface area contributed by atoms with E-state index in [1.807, 2.05) is 42.5 Å². The molecule has 0 spiro atoms. The summed E-state index contributed by atoms with van der Waals surface area (Å²) in [5, 5.41) is 0. The van der Waals surface area contributed by atoms with Crippen LogP contribution in [0.25, 0.3) is 0 Å². The summed E-state index contributed by atoms with van der Waals surface area (Å²) >= 11 is 0. The van der Waals surface area contributed by atoms with Crippen LogP contribution in [0.1, 0.15) is 175 Å². The standard InChI is InChI=1S/C53H82O6/c1-4-7-10-13-16-19-21-23-24-25-26-27-28-30-31-34-37-40-43-46-52(55)58-49-50(48-57-51(54)45-42-39-36-33-18-15-12-9-6-3)59-53(56)47-44-41-38-35-32-29-22-20-17-14-11-8-5-2/h7-12,14,16-20,22-24,29,32-33,39,42,50H,4-6,13,15,21,25-28,30-31,34-38,40-41,43-49H2,1-3H3/b10-7-,11-8-,12-9-,17-14-,19-16-,22-20-,24-23-,32-29-,33-18-,42-39-. The maximum absolute atomic E-state index is 12.7. The summed E-state index contributed by atoms with van der Waals surface area (Å²) in [7, 11) is 0. The van der Waals surface area contributed by atoms with Crippen LogP contribution in [0, 0.1) is 0 Å². The van der Waals surface area contributed by atoms with E-state index in [0.717, 1.165) is 89.9 Å². The van der Waals surface area contributed by atoms with Gasteiger partial charge >= 0.3 is 17.9 Å².